The van der Waals surface area contributed by atoms with Crippen LogP contribution in [0, 0.1) is 6.92 Å². The summed E-state index contributed by atoms with van der Waals surface area (Å²) in [6, 6.07) is 6.81. The zero-order valence-electron chi connectivity index (χ0n) is 11.8. The second-order valence-electron chi connectivity index (χ2n) is 4.42. The molecule has 0 fully saturated rings. The van der Waals surface area contributed by atoms with Crippen molar-refractivity contribution in [1.29, 1.82) is 0 Å². The SMILES string of the molecule is COCC(=O)Nc1ccc(NC(=O)c2cn[nH]c2C)cc1. The van der Waals surface area contributed by atoms with Gasteiger partial charge < -0.3 is 15.4 Å². The fourth-order valence-electron chi connectivity index (χ4n) is 1.74. The third-order valence-electron chi connectivity index (χ3n) is 2.78. The minimum Gasteiger partial charge on any atom is -0.375 e. The lowest BCUT2D eigenvalue weighted by Gasteiger charge is -2.07. The van der Waals surface area contributed by atoms with Gasteiger partial charge in [-0.1, -0.05) is 0 Å². The van der Waals surface area contributed by atoms with E-state index in [0.29, 0.717) is 22.6 Å². The Labute approximate surface area is 121 Å². The molecule has 1 aromatic heterocycles. The number of aryl methyl sites for hydroxylation is 1. The first-order valence-electron chi connectivity index (χ1n) is 6.30. The Hall–Kier alpha value is -2.67. The highest BCUT2D eigenvalue weighted by atomic mass is 16.5. The molecule has 1 aromatic carbocycles. The topological polar surface area (TPSA) is 96.1 Å². The fourth-order valence-corrected chi connectivity index (χ4v) is 1.74. The summed E-state index contributed by atoms with van der Waals surface area (Å²) >= 11 is 0. The van der Waals surface area contributed by atoms with Crippen molar-refractivity contribution in [2.45, 2.75) is 6.92 Å². The number of hydrogen-bond donors (Lipinski definition) is 3. The Morgan fingerprint density at radius 1 is 1.19 bits per heavy atom. The standard InChI is InChI=1S/C14H16N4O3/c1-9-12(7-15-18-9)14(20)17-11-5-3-10(4-6-11)16-13(19)8-21-2/h3-7H,8H2,1-2H3,(H,15,18)(H,16,19)(H,17,20). The Kier molecular flexibility index (Phi) is 4.68. The highest BCUT2D eigenvalue weighted by Gasteiger charge is 2.10. The van der Waals surface area contributed by atoms with Crippen LogP contribution >= 0.6 is 0 Å². The summed E-state index contributed by atoms with van der Waals surface area (Å²) < 4.78 is 4.73. The van der Waals surface area contributed by atoms with Crippen LogP contribution in [0.2, 0.25) is 0 Å². The smallest absolute Gasteiger partial charge is 0.259 e. The molecule has 1 heterocycles. The third-order valence-corrected chi connectivity index (χ3v) is 2.78. The van der Waals surface area contributed by atoms with Crippen LogP contribution in [0.1, 0.15) is 16.1 Å². The molecule has 0 aliphatic rings. The van der Waals surface area contributed by atoms with E-state index in [1.807, 2.05) is 0 Å². The first-order valence-corrected chi connectivity index (χ1v) is 6.30. The maximum atomic E-state index is 12.0. The lowest BCUT2D eigenvalue weighted by molar-refractivity contribution is -0.119. The molecule has 0 aliphatic carbocycles. The number of carbonyl (C=O) groups is 2. The molecule has 2 aromatic rings. The molecule has 21 heavy (non-hydrogen) atoms. The zero-order valence-corrected chi connectivity index (χ0v) is 11.8. The molecule has 2 rings (SSSR count). The van der Waals surface area contributed by atoms with Crippen molar-refractivity contribution in [1.82, 2.24) is 10.2 Å². The van der Waals surface area contributed by atoms with Crippen molar-refractivity contribution in [3.8, 4) is 0 Å². The molecule has 0 aliphatic heterocycles. The lowest BCUT2D eigenvalue weighted by Crippen LogP contribution is -2.17. The first kappa shape index (κ1) is 14.7. The van der Waals surface area contributed by atoms with E-state index in [-0.39, 0.29) is 18.4 Å². The number of hydrogen-bond acceptors (Lipinski definition) is 4. The van der Waals surface area contributed by atoms with Crippen LogP contribution in [0.4, 0.5) is 11.4 Å². The predicted octanol–water partition coefficient (Wildman–Crippen LogP) is 1.56. The summed E-state index contributed by atoms with van der Waals surface area (Å²) in [5.41, 5.74) is 2.46. The average Bonchev–Trinajstić information content (AvgIpc) is 2.87. The van der Waals surface area contributed by atoms with Crippen LogP contribution < -0.4 is 10.6 Å². The lowest BCUT2D eigenvalue weighted by atomic mass is 10.2. The molecular formula is C14H16N4O3. The molecule has 0 bridgehead atoms. The third kappa shape index (κ3) is 3.90. The number of carbonyl (C=O) groups excluding carboxylic acids is 2. The summed E-state index contributed by atoms with van der Waals surface area (Å²) in [6.45, 7) is 1.77. The molecule has 7 heteroatoms. The molecule has 0 spiro atoms. The van der Waals surface area contributed by atoms with Crippen molar-refractivity contribution >= 4 is 23.2 Å². The van der Waals surface area contributed by atoms with E-state index >= 15 is 0 Å². The van der Waals surface area contributed by atoms with Crippen LogP contribution in [0.15, 0.2) is 30.5 Å². The van der Waals surface area contributed by atoms with Gasteiger partial charge in [-0.15, -0.1) is 0 Å². The Bertz CT molecular complexity index is 634. The molecule has 0 unspecified atom stereocenters. The summed E-state index contributed by atoms with van der Waals surface area (Å²) in [4.78, 5) is 23.3. The number of H-pyrrole nitrogens is 1. The maximum absolute atomic E-state index is 12.0. The summed E-state index contributed by atoms with van der Waals surface area (Å²) in [6.07, 6.45) is 1.48. The highest BCUT2D eigenvalue weighted by molar-refractivity contribution is 6.05. The number of anilines is 2. The van der Waals surface area contributed by atoms with E-state index in [1.54, 1.807) is 31.2 Å². The number of rotatable bonds is 5. The number of aromatic nitrogens is 2. The van der Waals surface area contributed by atoms with Gasteiger partial charge >= 0.3 is 0 Å². The van der Waals surface area contributed by atoms with Crippen LogP contribution in [-0.4, -0.2) is 35.7 Å². The van der Waals surface area contributed by atoms with Crippen molar-refractivity contribution in [3.63, 3.8) is 0 Å². The first-order chi connectivity index (χ1) is 10.1. The Morgan fingerprint density at radius 2 is 1.81 bits per heavy atom. The van der Waals surface area contributed by atoms with Crippen LogP contribution in [-0.2, 0) is 9.53 Å². The van der Waals surface area contributed by atoms with Gasteiger partial charge in [-0.3, -0.25) is 14.7 Å². The van der Waals surface area contributed by atoms with Gasteiger partial charge in [0.25, 0.3) is 5.91 Å². The van der Waals surface area contributed by atoms with E-state index in [9.17, 15) is 9.59 Å². The van der Waals surface area contributed by atoms with Gasteiger partial charge in [-0.25, -0.2) is 0 Å². The number of ether oxygens (including phenoxy) is 1. The minimum absolute atomic E-state index is 0.00173. The molecule has 2 amide bonds. The number of nitrogens with one attached hydrogen (secondary N) is 3. The van der Waals surface area contributed by atoms with Gasteiger partial charge in [0.15, 0.2) is 0 Å². The molecule has 0 atom stereocenters. The highest BCUT2D eigenvalue weighted by Crippen LogP contribution is 2.15. The fraction of sp³-hybridized carbons (Fsp3) is 0.214. The van der Waals surface area contributed by atoms with Crippen molar-refractivity contribution in [2.75, 3.05) is 24.4 Å². The molecule has 0 radical (unpaired) electrons. The van der Waals surface area contributed by atoms with E-state index in [2.05, 4.69) is 20.8 Å². The molecule has 110 valence electrons. The van der Waals surface area contributed by atoms with Crippen molar-refractivity contribution < 1.29 is 14.3 Å². The quantitative estimate of drug-likeness (QED) is 0.777. The van der Waals surface area contributed by atoms with E-state index in [0.717, 1.165) is 0 Å². The van der Waals surface area contributed by atoms with E-state index in [1.165, 1.54) is 13.3 Å². The van der Waals surface area contributed by atoms with Gasteiger partial charge in [-0.05, 0) is 31.2 Å². The van der Waals surface area contributed by atoms with Crippen molar-refractivity contribution in [3.05, 3.63) is 41.7 Å². The minimum atomic E-state index is -0.239. The predicted molar refractivity (Wildman–Crippen MR) is 78.2 cm³/mol. The number of amides is 2. The van der Waals surface area contributed by atoms with Crippen LogP contribution in [0.3, 0.4) is 0 Å². The van der Waals surface area contributed by atoms with Crippen molar-refractivity contribution in [2.24, 2.45) is 0 Å². The Morgan fingerprint density at radius 3 is 2.33 bits per heavy atom. The number of benzene rings is 1. The summed E-state index contributed by atoms with van der Waals surface area (Å²) in [5.74, 6) is -0.472. The van der Waals surface area contributed by atoms with Gasteiger partial charge in [0, 0.05) is 24.2 Å². The summed E-state index contributed by atoms with van der Waals surface area (Å²) in [5, 5.41) is 11.9. The monoisotopic (exact) mass is 288 g/mol. The average molecular weight is 288 g/mol. The normalized spacial score (nSPS) is 10.2. The van der Waals surface area contributed by atoms with Gasteiger partial charge in [0.05, 0.1) is 11.8 Å². The van der Waals surface area contributed by atoms with Crippen LogP contribution in [0.5, 0.6) is 0 Å². The Balaban J connectivity index is 1.98. The maximum Gasteiger partial charge on any atom is 0.259 e. The number of aromatic amines is 1. The largest absolute Gasteiger partial charge is 0.375 e. The van der Waals surface area contributed by atoms with Gasteiger partial charge in [-0.2, -0.15) is 5.10 Å². The second kappa shape index (κ2) is 6.67. The number of methoxy groups -OCH3 is 1. The summed E-state index contributed by atoms with van der Waals surface area (Å²) in [7, 11) is 1.45. The van der Waals surface area contributed by atoms with E-state index < -0.39 is 0 Å². The molecule has 0 saturated carbocycles. The molecule has 0 saturated heterocycles. The second-order valence-corrected chi connectivity index (χ2v) is 4.42. The number of nitrogens with zero attached hydrogens (tertiary/aromatic N) is 1. The van der Waals surface area contributed by atoms with Gasteiger partial charge in [0.1, 0.15) is 6.61 Å². The molecule has 7 nitrogen and oxygen atoms in total. The zero-order chi connectivity index (χ0) is 15.2. The molecule has 3 N–H and O–H groups in total. The molecular weight excluding hydrogens is 272 g/mol. The van der Waals surface area contributed by atoms with Crippen LogP contribution in [0.25, 0.3) is 0 Å². The van der Waals surface area contributed by atoms with Gasteiger partial charge in [0.2, 0.25) is 5.91 Å². The van der Waals surface area contributed by atoms with E-state index in [4.69, 9.17) is 4.74 Å².